The molecule has 1 saturated carbocycles. The summed E-state index contributed by atoms with van der Waals surface area (Å²) in [6.45, 7) is 15.0. The summed E-state index contributed by atoms with van der Waals surface area (Å²) in [5.74, 6) is 0. The Morgan fingerprint density at radius 1 is 0.842 bits per heavy atom. The van der Waals surface area contributed by atoms with Crippen LogP contribution < -0.4 is 5.32 Å². The normalized spacial score (nSPS) is 17.5. The van der Waals surface area contributed by atoms with Gasteiger partial charge in [0.25, 0.3) is 0 Å². The van der Waals surface area contributed by atoms with Crippen molar-refractivity contribution in [1.29, 1.82) is 0 Å². The van der Waals surface area contributed by atoms with Crippen molar-refractivity contribution in [2.24, 2.45) is 0 Å². The minimum absolute atomic E-state index is 0.864. The molecule has 1 rings (SSSR count). The van der Waals surface area contributed by atoms with Crippen molar-refractivity contribution >= 4 is 0 Å². The maximum absolute atomic E-state index is 3.61. The molecule has 0 unspecified atom stereocenters. The molecular formula is C16H35N3. The van der Waals surface area contributed by atoms with E-state index in [0.29, 0.717) is 0 Å². The van der Waals surface area contributed by atoms with Crippen LogP contribution in [0.2, 0.25) is 0 Å². The van der Waals surface area contributed by atoms with Gasteiger partial charge in [0, 0.05) is 32.2 Å². The fourth-order valence-corrected chi connectivity index (χ4v) is 3.17. The van der Waals surface area contributed by atoms with Crippen LogP contribution in [-0.2, 0) is 0 Å². The van der Waals surface area contributed by atoms with Crippen LogP contribution in [0, 0.1) is 0 Å². The molecule has 0 aromatic rings. The second kappa shape index (κ2) is 10.6. The van der Waals surface area contributed by atoms with Crippen LogP contribution in [0.4, 0.5) is 0 Å². The SMILES string of the molecule is CCN(CC)CCNCCN(CC)C1CCCCC1. The molecule has 0 aromatic heterocycles. The second-order valence-electron chi connectivity index (χ2n) is 5.70. The van der Waals surface area contributed by atoms with E-state index in [1.54, 1.807) is 0 Å². The van der Waals surface area contributed by atoms with Crippen molar-refractivity contribution < 1.29 is 0 Å². The molecule has 114 valence electrons. The lowest BCUT2D eigenvalue weighted by Gasteiger charge is -2.33. The molecule has 1 fully saturated rings. The maximum atomic E-state index is 3.61. The molecule has 1 aliphatic rings. The zero-order valence-corrected chi connectivity index (χ0v) is 13.5. The maximum Gasteiger partial charge on any atom is 0.0110 e. The molecule has 0 radical (unpaired) electrons. The van der Waals surface area contributed by atoms with Crippen molar-refractivity contribution in [2.75, 3.05) is 45.8 Å². The third-order valence-corrected chi connectivity index (χ3v) is 4.57. The van der Waals surface area contributed by atoms with Crippen molar-refractivity contribution in [1.82, 2.24) is 15.1 Å². The Bertz CT molecular complexity index is 198. The fourth-order valence-electron chi connectivity index (χ4n) is 3.17. The Morgan fingerprint density at radius 2 is 1.47 bits per heavy atom. The zero-order valence-electron chi connectivity index (χ0n) is 13.5. The molecule has 0 atom stereocenters. The van der Waals surface area contributed by atoms with Gasteiger partial charge in [0.15, 0.2) is 0 Å². The second-order valence-corrected chi connectivity index (χ2v) is 5.70. The summed E-state index contributed by atoms with van der Waals surface area (Å²) < 4.78 is 0. The predicted molar refractivity (Wildman–Crippen MR) is 84.8 cm³/mol. The van der Waals surface area contributed by atoms with Gasteiger partial charge in [0.2, 0.25) is 0 Å². The monoisotopic (exact) mass is 269 g/mol. The van der Waals surface area contributed by atoms with Gasteiger partial charge in [-0.1, -0.05) is 40.0 Å². The highest BCUT2D eigenvalue weighted by molar-refractivity contribution is 4.75. The van der Waals surface area contributed by atoms with Crippen molar-refractivity contribution in [3.8, 4) is 0 Å². The van der Waals surface area contributed by atoms with Crippen LogP contribution >= 0.6 is 0 Å². The van der Waals surface area contributed by atoms with E-state index in [0.717, 1.165) is 19.1 Å². The summed E-state index contributed by atoms with van der Waals surface area (Å²) in [5, 5.41) is 3.61. The number of hydrogen-bond acceptors (Lipinski definition) is 3. The third kappa shape index (κ3) is 6.73. The van der Waals surface area contributed by atoms with E-state index in [4.69, 9.17) is 0 Å². The van der Waals surface area contributed by atoms with Gasteiger partial charge in [-0.05, 0) is 32.5 Å². The molecule has 1 N–H and O–H groups in total. The summed E-state index contributed by atoms with van der Waals surface area (Å²) in [6.07, 6.45) is 7.18. The van der Waals surface area contributed by atoms with Gasteiger partial charge in [0.05, 0.1) is 0 Å². The van der Waals surface area contributed by atoms with Gasteiger partial charge in [-0.25, -0.2) is 0 Å². The van der Waals surface area contributed by atoms with Crippen molar-refractivity contribution in [3.63, 3.8) is 0 Å². The molecule has 0 spiro atoms. The predicted octanol–water partition coefficient (Wildman–Crippen LogP) is 2.57. The van der Waals surface area contributed by atoms with E-state index in [1.165, 1.54) is 64.8 Å². The first-order valence-corrected chi connectivity index (χ1v) is 8.48. The van der Waals surface area contributed by atoms with Crippen LogP contribution in [0.1, 0.15) is 52.9 Å². The van der Waals surface area contributed by atoms with Crippen LogP contribution in [-0.4, -0.2) is 61.7 Å². The van der Waals surface area contributed by atoms with Gasteiger partial charge >= 0.3 is 0 Å². The first-order valence-electron chi connectivity index (χ1n) is 8.48. The van der Waals surface area contributed by atoms with E-state index in [1.807, 2.05) is 0 Å². The Morgan fingerprint density at radius 3 is 2.05 bits per heavy atom. The highest BCUT2D eigenvalue weighted by Crippen LogP contribution is 2.21. The number of nitrogens with one attached hydrogen (secondary N) is 1. The van der Waals surface area contributed by atoms with Gasteiger partial charge < -0.3 is 10.2 Å². The third-order valence-electron chi connectivity index (χ3n) is 4.57. The first-order chi connectivity index (χ1) is 9.31. The summed E-state index contributed by atoms with van der Waals surface area (Å²) in [4.78, 5) is 5.16. The number of likely N-dealkylation sites (N-methyl/N-ethyl adjacent to an activating group) is 2. The van der Waals surface area contributed by atoms with Gasteiger partial charge in [-0.3, -0.25) is 4.90 Å². The van der Waals surface area contributed by atoms with Gasteiger partial charge in [-0.2, -0.15) is 0 Å². The van der Waals surface area contributed by atoms with Crippen LogP contribution in [0.15, 0.2) is 0 Å². The number of rotatable bonds is 10. The first kappa shape index (κ1) is 16.9. The summed E-state index contributed by atoms with van der Waals surface area (Å²) in [7, 11) is 0. The molecule has 0 aliphatic heterocycles. The lowest BCUT2D eigenvalue weighted by atomic mass is 9.94. The molecule has 3 nitrogen and oxygen atoms in total. The minimum atomic E-state index is 0.864. The summed E-state index contributed by atoms with van der Waals surface area (Å²) in [5.41, 5.74) is 0. The highest BCUT2D eigenvalue weighted by atomic mass is 15.2. The average Bonchev–Trinajstić information content (AvgIpc) is 2.48. The number of hydrogen-bond donors (Lipinski definition) is 1. The lowest BCUT2D eigenvalue weighted by Crippen LogP contribution is -2.42. The minimum Gasteiger partial charge on any atom is -0.314 e. The quantitative estimate of drug-likeness (QED) is 0.615. The molecule has 0 saturated heterocycles. The van der Waals surface area contributed by atoms with E-state index in [2.05, 4.69) is 35.9 Å². The molecule has 0 amide bonds. The summed E-state index contributed by atoms with van der Waals surface area (Å²) >= 11 is 0. The average molecular weight is 269 g/mol. The smallest absolute Gasteiger partial charge is 0.0110 e. The van der Waals surface area contributed by atoms with E-state index in [-0.39, 0.29) is 0 Å². The van der Waals surface area contributed by atoms with Gasteiger partial charge in [-0.15, -0.1) is 0 Å². The molecule has 19 heavy (non-hydrogen) atoms. The number of nitrogens with zero attached hydrogens (tertiary/aromatic N) is 2. The molecule has 0 aromatic carbocycles. The van der Waals surface area contributed by atoms with Crippen LogP contribution in [0.5, 0.6) is 0 Å². The Balaban J connectivity index is 2.08. The Labute approximate surface area is 120 Å². The summed E-state index contributed by atoms with van der Waals surface area (Å²) in [6, 6.07) is 0.864. The molecule has 0 bridgehead atoms. The largest absolute Gasteiger partial charge is 0.314 e. The van der Waals surface area contributed by atoms with Crippen molar-refractivity contribution in [2.45, 2.75) is 58.9 Å². The Kier molecular flexibility index (Phi) is 9.48. The molecular weight excluding hydrogens is 234 g/mol. The van der Waals surface area contributed by atoms with Crippen LogP contribution in [0.25, 0.3) is 0 Å². The molecule has 3 heteroatoms. The highest BCUT2D eigenvalue weighted by Gasteiger charge is 2.18. The van der Waals surface area contributed by atoms with Gasteiger partial charge in [0.1, 0.15) is 0 Å². The fraction of sp³-hybridized carbons (Fsp3) is 1.00. The van der Waals surface area contributed by atoms with E-state index >= 15 is 0 Å². The lowest BCUT2D eigenvalue weighted by molar-refractivity contribution is 0.164. The Hall–Kier alpha value is -0.120. The van der Waals surface area contributed by atoms with Crippen molar-refractivity contribution in [3.05, 3.63) is 0 Å². The molecule has 1 aliphatic carbocycles. The molecule has 0 heterocycles. The van der Waals surface area contributed by atoms with Crippen LogP contribution in [0.3, 0.4) is 0 Å². The van der Waals surface area contributed by atoms with E-state index in [9.17, 15) is 0 Å². The standard InChI is InChI=1S/C16H35N3/c1-4-18(5-2)14-12-17-13-15-19(6-3)16-10-8-7-9-11-16/h16-17H,4-15H2,1-3H3. The topological polar surface area (TPSA) is 18.5 Å². The zero-order chi connectivity index (χ0) is 13.9. The van der Waals surface area contributed by atoms with E-state index < -0.39 is 0 Å².